The number of benzene rings is 1. The first-order valence-corrected chi connectivity index (χ1v) is 6.40. The summed E-state index contributed by atoms with van der Waals surface area (Å²) < 4.78 is 14.9. The van der Waals surface area contributed by atoms with Gasteiger partial charge in [0.25, 0.3) is 5.91 Å². The number of fused-ring (bicyclic) bond motifs is 1. The van der Waals surface area contributed by atoms with E-state index in [1.807, 2.05) is 4.57 Å². The zero-order valence-corrected chi connectivity index (χ0v) is 10.7. The van der Waals surface area contributed by atoms with Gasteiger partial charge in [0.1, 0.15) is 11.4 Å². The Kier molecular flexibility index (Phi) is 2.89. The van der Waals surface area contributed by atoms with Gasteiger partial charge < -0.3 is 10.3 Å². The van der Waals surface area contributed by atoms with Crippen molar-refractivity contribution in [1.82, 2.24) is 4.57 Å². The van der Waals surface area contributed by atoms with Crippen molar-refractivity contribution in [1.29, 1.82) is 0 Å². The first kappa shape index (κ1) is 12.6. The number of halogens is 1. The zero-order chi connectivity index (χ0) is 14.3. The molecular formula is C15H13FN2O2. The highest BCUT2D eigenvalue weighted by molar-refractivity contribution is 5.95. The molecule has 1 aromatic carbocycles. The molecule has 1 amide bonds. The van der Waals surface area contributed by atoms with E-state index in [-0.39, 0.29) is 16.8 Å². The number of amides is 1. The summed E-state index contributed by atoms with van der Waals surface area (Å²) in [6, 6.07) is 5.63. The van der Waals surface area contributed by atoms with E-state index in [1.165, 1.54) is 24.3 Å². The molecule has 4 nitrogen and oxygen atoms in total. The number of nitrogens with zero attached hydrogens (tertiary/aromatic N) is 1. The lowest BCUT2D eigenvalue weighted by molar-refractivity contribution is 0.0998. The van der Waals surface area contributed by atoms with Gasteiger partial charge in [0.2, 0.25) is 5.43 Å². The quantitative estimate of drug-likeness (QED) is 0.904. The molecule has 20 heavy (non-hydrogen) atoms. The molecule has 0 atom stereocenters. The molecule has 0 aliphatic carbocycles. The summed E-state index contributed by atoms with van der Waals surface area (Å²) >= 11 is 0. The third kappa shape index (κ3) is 1.91. The lowest BCUT2D eigenvalue weighted by atomic mass is 10.0. The fraction of sp³-hybridized carbons (Fsp3) is 0.200. The summed E-state index contributed by atoms with van der Waals surface area (Å²) in [5.41, 5.74) is 6.69. The zero-order valence-electron chi connectivity index (χ0n) is 10.7. The van der Waals surface area contributed by atoms with Crippen LogP contribution in [0.5, 0.6) is 0 Å². The van der Waals surface area contributed by atoms with Crippen molar-refractivity contribution >= 4 is 5.91 Å². The number of hydrogen-bond acceptors (Lipinski definition) is 2. The number of nitrogens with two attached hydrogens (primary N) is 1. The van der Waals surface area contributed by atoms with Gasteiger partial charge >= 0.3 is 0 Å². The topological polar surface area (TPSA) is 65.1 Å². The van der Waals surface area contributed by atoms with Crippen LogP contribution in [0, 0.1) is 5.82 Å². The van der Waals surface area contributed by atoms with Crippen molar-refractivity contribution in [3.05, 3.63) is 57.8 Å². The van der Waals surface area contributed by atoms with E-state index in [0.29, 0.717) is 23.2 Å². The summed E-state index contributed by atoms with van der Waals surface area (Å²) in [4.78, 5) is 24.0. The molecule has 0 saturated heterocycles. The normalized spacial score (nSPS) is 13.2. The second kappa shape index (κ2) is 4.59. The molecule has 1 aliphatic rings. The van der Waals surface area contributed by atoms with E-state index in [0.717, 1.165) is 13.0 Å². The van der Waals surface area contributed by atoms with Crippen LogP contribution in [0.4, 0.5) is 4.39 Å². The molecule has 2 N–H and O–H groups in total. The van der Waals surface area contributed by atoms with Gasteiger partial charge in [-0.25, -0.2) is 4.39 Å². The summed E-state index contributed by atoms with van der Waals surface area (Å²) in [6.45, 7) is 0.754. The summed E-state index contributed by atoms with van der Waals surface area (Å²) in [7, 11) is 0. The van der Waals surface area contributed by atoms with Crippen molar-refractivity contribution in [3.63, 3.8) is 0 Å². The van der Waals surface area contributed by atoms with E-state index in [4.69, 9.17) is 5.73 Å². The first-order valence-electron chi connectivity index (χ1n) is 6.40. The predicted octanol–water partition coefficient (Wildman–Crippen LogP) is 1.70. The van der Waals surface area contributed by atoms with Crippen LogP contribution in [0.2, 0.25) is 0 Å². The molecule has 0 bridgehead atoms. The average molecular weight is 272 g/mol. The van der Waals surface area contributed by atoms with Gasteiger partial charge in [-0.3, -0.25) is 9.59 Å². The lowest BCUT2D eigenvalue weighted by Gasteiger charge is -2.11. The molecule has 0 radical (unpaired) electrons. The number of hydrogen-bond donors (Lipinski definition) is 1. The molecule has 102 valence electrons. The monoisotopic (exact) mass is 272 g/mol. The molecule has 2 heterocycles. The van der Waals surface area contributed by atoms with Crippen LogP contribution in [0.1, 0.15) is 22.5 Å². The third-order valence-corrected chi connectivity index (χ3v) is 3.61. The largest absolute Gasteiger partial charge is 0.365 e. The van der Waals surface area contributed by atoms with E-state index in [1.54, 1.807) is 6.20 Å². The molecule has 0 unspecified atom stereocenters. The number of carbonyl (C=O) groups excluding carboxylic acids is 1. The molecule has 3 rings (SSSR count). The van der Waals surface area contributed by atoms with Gasteiger partial charge in [-0.15, -0.1) is 0 Å². The van der Waals surface area contributed by atoms with Crippen molar-refractivity contribution in [2.45, 2.75) is 19.4 Å². The van der Waals surface area contributed by atoms with Crippen LogP contribution in [0.25, 0.3) is 11.1 Å². The van der Waals surface area contributed by atoms with E-state index >= 15 is 0 Å². The van der Waals surface area contributed by atoms with Crippen LogP contribution in [0.15, 0.2) is 35.3 Å². The number of primary amides is 1. The number of pyridine rings is 1. The van der Waals surface area contributed by atoms with E-state index < -0.39 is 5.91 Å². The standard InChI is InChI=1S/C15H13FN2O2/c16-10-5-3-9(4-6-10)11-8-18-7-1-2-12(18)13(14(11)19)15(17)20/h3-6,8H,1-2,7H2,(H2,17,20). The van der Waals surface area contributed by atoms with Gasteiger partial charge in [-0.2, -0.15) is 0 Å². The Hall–Kier alpha value is -2.43. The van der Waals surface area contributed by atoms with Crippen LogP contribution < -0.4 is 11.2 Å². The second-order valence-electron chi connectivity index (χ2n) is 4.86. The Labute approximate surface area is 114 Å². The Morgan fingerprint density at radius 2 is 1.95 bits per heavy atom. The summed E-state index contributed by atoms with van der Waals surface area (Å²) in [6.07, 6.45) is 3.29. The Bertz CT molecular complexity index is 748. The Balaban J connectivity index is 2.27. The molecule has 2 aromatic rings. The minimum Gasteiger partial charge on any atom is -0.365 e. The van der Waals surface area contributed by atoms with Crippen LogP contribution >= 0.6 is 0 Å². The maximum absolute atomic E-state index is 13.0. The second-order valence-corrected chi connectivity index (χ2v) is 4.86. The van der Waals surface area contributed by atoms with Gasteiger partial charge in [0.15, 0.2) is 0 Å². The van der Waals surface area contributed by atoms with E-state index in [9.17, 15) is 14.0 Å². The predicted molar refractivity (Wildman–Crippen MR) is 72.9 cm³/mol. The minimum absolute atomic E-state index is 0.0596. The maximum Gasteiger partial charge on any atom is 0.254 e. The Morgan fingerprint density at radius 3 is 2.60 bits per heavy atom. The minimum atomic E-state index is -0.704. The molecule has 0 spiro atoms. The fourth-order valence-corrected chi connectivity index (χ4v) is 2.68. The van der Waals surface area contributed by atoms with Crippen molar-refractivity contribution in [3.8, 4) is 11.1 Å². The smallest absolute Gasteiger partial charge is 0.254 e. The summed E-state index contributed by atoms with van der Waals surface area (Å²) in [5.74, 6) is -1.07. The molecule has 1 aliphatic heterocycles. The van der Waals surface area contributed by atoms with Gasteiger partial charge in [-0.05, 0) is 30.5 Å². The lowest BCUT2D eigenvalue weighted by Crippen LogP contribution is -2.27. The number of rotatable bonds is 2. The molecular weight excluding hydrogens is 259 g/mol. The average Bonchev–Trinajstić information content (AvgIpc) is 2.86. The van der Waals surface area contributed by atoms with Gasteiger partial charge in [0.05, 0.1) is 0 Å². The maximum atomic E-state index is 13.0. The van der Waals surface area contributed by atoms with E-state index in [2.05, 4.69) is 0 Å². The third-order valence-electron chi connectivity index (χ3n) is 3.61. The van der Waals surface area contributed by atoms with Crippen molar-refractivity contribution < 1.29 is 9.18 Å². The van der Waals surface area contributed by atoms with Crippen LogP contribution in [-0.2, 0) is 13.0 Å². The van der Waals surface area contributed by atoms with Gasteiger partial charge in [-0.1, -0.05) is 12.1 Å². The number of aromatic nitrogens is 1. The van der Waals surface area contributed by atoms with Crippen molar-refractivity contribution in [2.75, 3.05) is 0 Å². The molecule has 0 fully saturated rings. The van der Waals surface area contributed by atoms with Gasteiger partial charge in [0, 0.05) is 24.0 Å². The van der Waals surface area contributed by atoms with Crippen LogP contribution in [0.3, 0.4) is 0 Å². The number of carbonyl (C=O) groups is 1. The Morgan fingerprint density at radius 1 is 1.25 bits per heavy atom. The molecule has 5 heteroatoms. The highest BCUT2D eigenvalue weighted by Crippen LogP contribution is 2.22. The first-order chi connectivity index (χ1) is 9.58. The van der Waals surface area contributed by atoms with Crippen LogP contribution in [-0.4, -0.2) is 10.5 Å². The highest BCUT2D eigenvalue weighted by Gasteiger charge is 2.23. The fourth-order valence-electron chi connectivity index (χ4n) is 2.68. The number of aryl methyl sites for hydroxylation is 1. The SMILES string of the molecule is NC(=O)c1c2n(cc(-c3ccc(F)cc3)c1=O)CCC2. The molecule has 1 aromatic heterocycles. The highest BCUT2D eigenvalue weighted by atomic mass is 19.1. The molecule has 0 saturated carbocycles. The van der Waals surface area contributed by atoms with Crippen molar-refractivity contribution in [2.24, 2.45) is 5.73 Å². The summed E-state index contributed by atoms with van der Waals surface area (Å²) in [5, 5.41) is 0.